The van der Waals surface area contributed by atoms with Crippen molar-refractivity contribution < 1.29 is 23.7 Å². The standard InChI is InChI=1S/C18H19NO5/c1-12(20)24-17-11-15(19-13-6-4-3-5-7-13)14(10-16(17)21-2)18-22-8-9-23-18/h3-7,10-11,18-19H,8-9H2,1-2H3. The van der Waals surface area contributed by atoms with Crippen LogP contribution in [0.4, 0.5) is 11.4 Å². The first-order valence-electron chi connectivity index (χ1n) is 7.63. The molecule has 2 aromatic rings. The Morgan fingerprint density at radius 2 is 1.83 bits per heavy atom. The van der Waals surface area contributed by atoms with Crippen molar-refractivity contribution in [2.45, 2.75) is 13.2 Å². The lowest BCUT2D eigenvalue weighted by Gasteiger charge is -2.19. The zero-order chi connectivity index (χ0) is 16.9. The third kappa shape index (κ3) is 3.67. The maximum atomic E-state index is 11.3. The molecule has 1 aliphatic rings. The normalized spacial score (nSPS) is 14.4. The summed E-state index contributed by atoms with van der Waals surface area (Å²) >= 11 is 0. The third-order valence-corrected chi connectivity index (χ3v) is 3.52. The van der Waals surface area contributed by atoms with Crippen molar-refractivity contribution in [1.29, 1.82) is 0 Å². The first-order valence-corrected chi connectivity index (χ1v) is 7.63. The second kappa shape index (κ2) is 7.33. The van der Waals surface area contributed by atoms with E-state index >= 15 is 0 Å². The molecule has 0 unspecified atom stereocenters. The lowest BCUT2D eigenvalue weighted by atomic mass is 10.1. The van der Waals surface area contributed by atoms with Crippen LogP contribution in [0, 0.1) is 0 Å². The highest BCUT2D eigenvalue weighted by Gasteiger charge is 2.24. The highest BCUT2D eigenvalue weighted by molar-refractivity contribution is 5.74. The van der Waals surface area contributed by atoms with Crippen LogP contribution in [0.3, 0.4) is 0 Å². The molecule has 6 nitrogen and oxygen atoms in total. The van der Waals surface area contributed by atoms with Gasteiger partial charge in [-0.25, -0.2) is 0 Å². The fraction of sp³-hybridized carbons (Fsp3) is 0.278. The van der Waals surface area contributed by atoms with Gasteiger partial charge in [0.2, 0.25) is 0 Å². The van der Waals surface area contributed by atoms with Gasteiger partial charge in [0.15, 0.2) is 17.8 Å². The Morgan fingerprint density at radius 1 is 1.12 bits per heavy atom. The van der Waals surface area contributed by atoms with Crippen LogP contribution in [0.2, 0.25) is 0 Å². The highest BCUT2D eigenvalue weighted by Crippen LogP contribution is 2.40. The van der Waals surface area contributed by atoms with Gasteiger partial charge in [0, 0.05) is 24.2 Å². The summed E-state index contributed by atoms with van der Waals surface area (Å²) in [5.74, 6) is 0.364. The van der Waals surface area contributed by atoms with E-state index in [9.17, 15) is 4.79 Å². The van der Waals surface area contributed by atoms with E-state index in [2.05, 4.69) is 5.32 Å². The number of ether oxygens (including phenoxy) is 4. The highest BCUT2D eigenvalue weighted by atomic mass is 16.7. The zero-order valence-electron chi connectivity index (χ0n) is 13.6. The van der Waals surface area contributed by atoms with E-state index in [0.717, 1.165) is 16.9 Å². The average Bonchev–Trinajstić information content (AvgIpc) is 3.10. The zero-order valence-corrected chi connectivity index (χ0v) is 13.6. The van der Waals surface area contributed by atoms with E-state index in [1.54, 1.807) is 12.1 Å². The number of benzene rings is 2. The Bertz CT molecular complexity index is 711. The van der Waals surface area contributed by atoms with Crippen molar-refractivity contribution in [2.24, 2.45) is 0 Å². The number of hydrogen-bond donors (Lipinski definition) is 1. The van der Waals surface area contributed by atoms with Crippen LogP contribution in [0.5, 0.6) is 11.5 Å². The number of nitrogens with one attached hydrogen (secondary N) is 1. The third-order valence-electron chi connectivity index (χ3n) is 3.52. The Morgan fingerprint density at radius 3 is 2.46 bits per heavy atom. The summed E-state index contributed by atoms with van der Waals surface area (Å²) in [4.78, 5) is 11.3. The minimum Gasteiger partial charge on any atom is -0.493 e. The van der Waals surface area contributed by atoms with Crippen LogP contribution in [-0.2, 0) is 14.3 Å². The Kier molecular flexibility index (Phi) is 4.98. The topological polar surface area (TPSA) is 66.0 Å². The van der Waals surface area contributed by atoms with Crippen molar-refractivity contribution in [1.82, 2.24) is 0 Å². The quantitative estimate of drug-likeness (QED) is 0.670. The molecule has 1 saturated heterocycles. The number of hydrogen-bond acceptors (Lipinski definition) is 6. The maximum Gasteiger partial charge on any atom is 0.308 e. The van der Waals surface area contributed by atoms with Crippen molar-refractivity contribution in [3.8, 4) is 11.5 Å². The van der Waals surface area contributed by atoms with Crippen molar-refractivity contribution in [2.75, 3.05) is 25.6 Å². The number of carbonyl (C=O) groups excluding carboxylic acids is 1. The maximum absolute atomic E-state index is 11.3. The lowest BCUT2D eigenvalue weighted by Crippen LogP contribution is -2.08. The molecular formula is C18H19NO5. The van der Waals surface area contributed by atoms with E-state index in [1.165, 1.54) is 14.0 Å². The van der Waals surface area contributed by atoms with Gasteiger partial charge in [-0.3, -0.25) is 4.79 Å². The predicted molar refractivity (Wildman–Crippen MR) is 88.7 cm³/mol. The molecule has 0 aliphatic carbocycles. The average molecular weight is 329 g/mol. The number of esters is 1. The van der Waals surface area contributed by atoms with Gasteiger partial charge >= 0.3 is 5.97 Å². The molecular weight excluding hydrogens is 310 g/mol. The molecule has 3 rings (SSSR count). The van der Waals surface area contributed by atoms with Gasteiger partial charge in [0.05, 0.1) is 26.0 Å². The van der Waals surface area contributed by atoms with Crippen molar-refractivity contribution >= 4 is 17.3 Å². The van der Waals surface area contributed by atoms with Gasteiger partial charge in [-0.05, 0) is 18.2 Å². The molecule has 0 spiro atoms. The number of rotatable bonds is 5. The van der Waals surface area contributed by atoms with Crippen molar-refractivity contribution in [3.63, 3.8) is 0 Å². The molecule has 6 heteroatoms. The SMILES string of the molecule is COc1cc(C2OCCO2)c(Nc2ccccc2)cc1OC(C)=O. The summed E-state index contributed by atoms with van der Waals surface area (Å²) in [5, 5.41) is 3.31. The van der Waals surface area contributed by atoms with Crippen LogP contribution in [0.1, 0.15) is 18.8 Å². The van der Waals surface area contributed by atoms with Gasteiger partial charge in [0.25, 0.3) is 0 Å². The molecule has 24 heavy (non-hydrogen) atoms. The van der Waals surface area contributed by atoms with E-state index < -0.39 is 12.3 Å². The Labute approximate surface area is 140 Å². The molecule has 0 amide bonds. The molecule has 1 heterocycles. The van der Waals surface area contributed by atoms with Crippen LogP contribution in [0.25, 0.3) is 0 Å². The van der Waals surface area contributed by atoms with Crippen LogP contribution < -0.4 is 14.8 Å². The van der Waals surface area contributed by atoms with Gasteiger partial charge in [0.1, 0.15) is 0 Å². The van der Waals surface area contributed by atoms with Crippen LogP contribution in [0.15, 0.2) is 42.5 Å². The first-order chi connectivity index (χ1) is 11.7. The fourth-order valence-electron chi connectivity index (χ4n) is 2.49. The number of carbonyl (C=O) groups is 1. The molecule has 1 N–H and O–H groups in total. The summed E-state index contributed by atoms with van der Waals surface area (Å²) in [6.07, 6.45) is -0.489. The van der Waals surface area contributed by atoms with Gasteiger partial charge in [-0.1, -0.05) is 18.2 Å². The molecule has 0 saturated carbocycles. The minimum absolute atomic E-state index is 0.338. The molecule has 0 radical (unpaired) electrons. The number of anilines is 2. The molecule has 2 aromatic carbocycles. The fourth-order valence-corrected chi connectivity index (χ4v) is 2.49. The number of para-hydroxylation sites is 1. The summed E-state index contributed by atoms with van der Waals surface area (Å²) in [5.41, 5.74) is 2.41. The van der Waals surface area contributed by atoms with E-state index in [4.69, 9.17) is 18.9 Å². The van der Waals surface area contributed by atoms with E-state index in [0.29, 0.717) is 24.7 Å². The van der Waals surface area contributed by atoms with Crippen LogP contribution in [-0.4, -0.2) is 26.3 Å². The molecule has 0 aromatic heterocycles. The Hall–Kier alpha value is -2.57. The Balaban J connectivity index is 2.02. The van der Waals surface area contributed by atoms with E-state index in [-0.39, 0.29) is 0 Å². The predicted octanol–water partition coefficient (Wildman–Crippen LogP) is 3.41. The van der Waals surface area contributed by atoms with Gasteiger partial charge < -0.3 is 24.3 Å². The second-order valence-electron chi connectivity index (χ2n) is 5.25. The molecule has 0 bridgehead atoms. The summed E-state index contributed by atoms with van der Waals surface area (Å²) < 4.78 is 21.8. The summed E-state index contributed by atoms with van der Waals surface area (Å²) in [7, 11) is 1.52. The molecule has 1 fully saturated rings. The van der Waals surface area contributed by atoms with Crippen molar-refractivity contribution in [3.05, 3.63) is 48.0 Å². The largest absolute Gasteiger partial charge is 0.493 e. The van der Waals surface area contributed by atoms with Gasteiger partial charge in [-0.2, -0.15) is 0 Å². The minimum atomic E-state index is -0.489. The second-order valence-corrected chi connectivity index (χ2v) is 5.25. The molecule has 126 valence electrons. The van der Waals surface area contributed by atoms with Gasteiger partial charge in [-0.15, -0.1) is 0 Å². The summed E-state index contributed by atoms with van der Waals surface area (Å²) in [6.45, 7) is 2.41. The monoisotopic (exact) mass is 329 g/mol. The molecule has 1 aliphatic heterocycles. The lowest BCUT2D eigenvalue weighted by molar-refractivity contribution is -0.132. The number of methoxy groups -OCH3 is 1. The first kappa shape index (κ1) is 16.3. The smallest absolute Gasteiger partial charge is 0.308 e. The summed E-state index contributed by atoms with van der Waals surface area (Å²) in [6, 6.07) is 13.2. The van der Waals surface area contributed by atoms with E-state index in [1.807, 2.05) is 30.3 Å². The van der Waals surface area contributed by atoms with Crippen LogP contribution >= 0.6 is 0 Å². The molecule has 0 atom stereocenters.